The predicted octanol–water partition coefficient (Wildman–Crippen LogP) is 3.70. The third-order valence-corrected chi connectivity index (χ3v) is 4.42. The van der Waals surface area contributed by atoms with Crippen LogP contribution >= 0.6 is 0 Å². The Balaban J connectivity index is 1.92. The first-order valence-electron chi connectivity index (χ1n) is 9.01. The smallest absolute Gasteiger partial charge is 0.182 e. The summed E-state index contributed by atoms with van der Waals surface area (Å²) in [6.07, 6.45) is 1.63. The van der Waals surface area contributed by atoms with Crippen LogP contribution in [-0.4, -0.2) is 44.4 Å². The number of phenols is 2. The first-order valence-corrected chi connectivity index (χ1v) is 9.01. The van der Waals surface area contributed by atoms with Gasteiger partial charge in [-0.15, -0.1) is 0 Å². The van der Waals surface area contributed by atoms with Gasteiger partial charge in [-0.05, 0) is 36.4 Å². The van der Waals surface area contributed by atoms with Crippen molar-refractivity contribution in [3.63, 3.8) is 0 Å². The van der Waals surface area contributed by atoms with Gasteiger partial charge in [0.1, 0.15) is 28.7 Å². The molecule has 0 fully saturated rings. The summed E-state index contributed by atoms with van der Waals surface area (Å²) in [6.45, 7) is 0. The minimum Gasteiger partial charge on any atom is -0.507 e. The highest BCUT2D eigenvalue weighted by molar-refractivity contribution is 5.72. The summed E-state index contributed by atoms with van der Waals surface area (Å²) in [4.78, 5) is 17.8. The fourth-order valence-corrected chi connectivity index (χ4v) is 2.88. The second-order valence-electron chi connectivity index (χ2n) is 6.29. The van der Waals surface area contributed by atoms with E-state index in [0.717, 1.165) is 0 Å². The zero-order valence-electron chi connectivity index (χ0n) is 16.3. The molecule has 0 bridgehead atoms. The van der Waals surface area contributed by atoms with Gasteiger partial charge in [0.2, 0.25) is 0 Å². The summed E-state index contributed by atoms with van der Waals surface area (Å²) >= 11 is 0. The standard InChI is InChI=1S/C22H18N4O4/c1-29-13-6-8-15(18(27)11-13)20-24-21(16-9-7-14(30-2)12-19(16)28)26-22(25-20)17-5-3-4-10-23-17/h3-12,27-28H,1-2H3. The van der Waals surface area contributed by atoms with Crippen molar-refractivity contribution in [2.75, 3.05) is 14.2 Å². The molecular weight excluding hydrogens is 384 g/mol. The fourth-order valence-electron chi connectivity index (χ4n) is 2.88. The van der Waals surface area contributed by atoms with E-state index in [4.69, 9.17) is 9.47 Å². The highest BCUT2D eigenvalue weighted by Crippen LogP contribution is 2.35. The van der Waals surface area contributed by atoms with E-state index in [2.05, 4.69) is 19.9 Å². The van der Waals surface area contributed by atoms with E-state index in [1.807, 2.05) is 6.07 Å². The summed E-state index contributed by atoms with van der Waals surface area (Å²) in [5.41, 5.74) is 1.32. The Hall–Kier alpha value is -4.20. The minimum atomic E-state index is -0.0441. The van der Waals surface area contributed by atoms with Gasteiger partial charge in [0.15, 0.2) is 17.5 Å². The third-order valence-electron chi connectivity index (χ3n) is 4.42. The molecule has 30 heavy (non-hydrogen) atoms. The summed E-state index contributed by atoms with van der Waals surface area (Å²) in [5, 5.41) is 20.9. The van der Waals surface area contributed by atoms with Crippen molar-refractivity contribution in [3.05, 3.63) is 60.8 Å². The molecule has 4 rings (SSSR count). The Morgan fingerprint density at radius 1 is 0.667 bits per heavy atom. The predicted molar refractivity (Wildman–Crippen MR) is 110 cm³/mol. The van der Waals surface area contributed by atoms with E-state index in [0.29, 0.717) is 34.1 Å². The maximum atomic E-state index is 10.5. The molecule has 8 nitrogen and oxygen atoms in total. The van der Waals surface area contributed by atoms with Crippen LogP contribution in [0.4, 0.5) is 0 Å². The van der Waals surface area contributed by atoms with Crippen molar-refractivity contribution in [1.82, 2.24) is 19.9 Å². The van der Waals surface area contributed by atoms with E-state index in [9.17, 15) is 10.2 Å². The molecule has 0 unspecified atom stereocenters. The van der Waals surface area contributed by atoms with Crippen LogP contribution in [0.2, 0.25) is 0 Å². The van der Waals surface area contributed by atoms with Gasteiger partial charge in [-0.1, -0.05) is 6.07 Å². The number of phenolic OH excluding ortho intramolecular Hbond substituents is 2. The molecule has 0 aliphatic carbocycles. The molecule has 0 spiro atoms. The molecule has 2 aromatic carbocycles. The lowest BCUT2D eigenvalue weighted by Gasteiger charge is -2.11. The molecule has 2 heterocycles. The molecule has 2 N–H and O–H groups in total. The van der Waals surface area contributed by atoms with E-state index in [1.54, 1.807) is 42.6 Å². The minimum absolute atomic E-state index is 0.0441. The maximum absolute atomic E-state index is 10.5. The summed E-state index contributed by atoms with van der Waals surface area (Å²) in [5.74, 6) is 1.69. The second-order valence-corrected chi connectivity index (χ2v) is 6.29. The average molecular weight is 402 g/mol. The Kier molecular flexibility index (Phi) is 5.13. The lowest BCUT2D eigenvalue weighted by Crippen LogP contribution is -2.01. The van der Waals surface area contributed by atoms with Crippen LogP contribution in [0.3, 0.4) is 0 Å². The lowest BCUT2D eigenvalue weighted by atomic mass is 10.1. The normalized spacial score (nSPS) is 10.6. The monoisotopic (exact) mass is 402 g/mol. The van der Waals surface area contributed by atoms with Crippen molar-refractivity contribution in [1.29, 1.82) is 0 Å². The highest BCUT2D eigenvalue weighted by Gasteiger charge is 2.17. The van der Waals surface area contributed by atoms with Crippen LogP contribution in [-0.2, 0) is 0 Å². The quantitative estimate of drug-likeness (QED) is 0.520. The van der Waals surface area contributed by atoms with Crippen molar-refractivity contribution >= 4 is 0 Å². The number of aromatic hydroxyl groups is 2. The number of benzene rings is 2. The van der Waals surface area contributed by atoms with Crippen LogP contribution in [0.15, 0.2) is 60.8 Å². The molecule has 0 saturated heterocycles. The van der Waals surface area contributed by atoms with Crippen molar-refractivity contribution < 1.29 is 19.7 Å². The molecule has 0 saturated carbocycles. The van der Waals surface area contributed by atoms with Gasteiger partial charge in [-0.25, -0.2) is 15.0 Å². The number of rotatable bonds is 5. The molecule has 0 aliphatic heterocycles. The van der Waals surface area contributed by atoms with Crippen LogP contribution in [0.1, 0.15) is 0 Å². The van der Waals surface area contributed by atoms with E-state index in [1.165, 1.54) is 26.4 Å². The lowest BCUT2D eigenvalue weighted by molar-refractivity contribution is 0.408. The Bertz CT molecular complexity index is 1130. The Morgan fingerprint density at radius 3 is 1.63 bits per heavy atom. The van der Waals surface area contributed by atoms with Crippen LogP contribution in [0.5, 0.6) is 23.0 Å². The second kappa shape index (κ2) is 8.04. The number of hydrogen-bond donors (Lipinski definition) is 2. The molecule has 0 aliphatic rings. The van der Waals surface area contributed by atoms with Crippen molar-refractivity contribution in [3.8, 4) is 57.3 Å². The third kappa shape index (κ3) is 3.70. The van der Waals surface area contributed by atoms with Crippen LogP contribution in [0, 0.1) is 0 Å². The zero-order chi connectivity index (χ0) is 21.1. The summed E-state index contributed by atoms with van der Waals surface area (Å²) in [6, 6.07) is 15.0. The number of ether oxygens (including phenoxy) is 2. The van der Waals surface area contributed by atoms with Gasteiger partial charge >= 0.3 is 0 Å². The summed E-state index contributed by atoms with van der Waals surface area (Å²) < 4.78 is 10.3. The number of hydrogen-bond acceptors (Lipinski definition) is 8. The molecule has 0 amide bonds. The van der Waals surface area contributed by atoms with Gasteiger partial charge in [0.25, 0.3) is 0 Å². The molecule has 4 aromatic rings. The molecular formula is C22H18N4O4. The molecule has 8 heteroatoms. The average Bonchev–Trinajstić information content (AvgIpc) is 2.79. The van der Waals surface area contributed by atoms with Crippen molar-refractivity contribution in [2.24, 2.45) is 0 Å². The molecule has 0 atom stereocenters. The van der Waals surface area contributed by atoms with Crippen molar-refractivity contribution in [2.45, 2.75) is 0 Å². The SMILES string of the molecule is COc1ccc(-c2nc(-c3ccccn3)nc(-c3ccc(OC)cc3O)n2)c(O)c1. The van der Waals surface area contributed by atoms with Gasteiger partial charge in [0.05, 0.1) is 25.3 Å². The van der Waals surface area contributed by atoms with Crippen LogP contribution in [0.25, 0.3) is 34.3 Å². The first kappa shape index (κ1) is 19.1. The molecule has 150 valence electrons. The number of methoxy groups -OCH3 is 2. The number of nitrogens with zero attached hydrogens (tertiary/aromatic N) is 4. The number of pyridine rings is 1. The van der Waals surface area contributed by atoms with Gasteiger partial charge in [-0.2, -0.15) is 0 Å². The van der Waals surface area contributed by atoms with Gasteiger partial charge in [-0.3, -0.25) is 4.98 Å². The van der Waals surface area contributed by atoms with Gasteiger partial charge < -0.3 is 19.7 Å². The zero-order valence-corrected chi connectivity index (χ0v) is 16.3. The largest absolute Gasteiger partial charge is 0.507 e. The molecule has 2 aromatic heterocycles. The Labute approximate surface area is 172 Å². The first-order chi connectivity index (χ1) is 14.6. The van der Waals surface area contributed by atoms with E-state index < -0.39 is 0 Å². The van der Waals surface area contributed by atoms with E-state index >= 15 is 0 Å². The fraction of sp³-hybridized carbons (Fsp3) is 0.0909. The van der Waals surface area contributed by atoms with E-state index in [-0.39, 0.29) is 23.1 Å². The Morgan fingerprint density at radius 2 is 1.20 bits per heavy atom. The van der Waals surface area contributed by atoms with Crippen LogP contribution < -0.4 is 9.47 Å². The highest BCUT2D eigenvalue weighted by atomic mass is 16.5. The summed E-state index contributed by atoms with van der Waals surface area (Å²) in [7, 11) is 3.03. The number of aromatic nitrogens is 4. The molecule has 0 radical (unpaired) electrons. The van der Waals surface area contributed by atoms with Gasteiger partial charge in [0, 0.05) is 18.3 Å². The maximum Gasteiger partial charge on any atom is 0.182 e. The topological polar surface area (TPSA) is 110 Å².